The van der Waals surface area contributed by atoms with Gasteiger partial charge in [0.15, 0.2) is 0 Å². The maximum Gasteiger partial charge on any atom is 0.328 e. The van der Waals surface area contributed by atoms with Crippen molar-refractivity contribution in [2.75, 3.05) is 7.11 Å². The van der Waals surface area contributed by atoms with Gasteiger partial charge in [0.05, 0.1) is 13.5 Å². The van der Waals surface area contributed by atoms with Gasteiger partial charge in [-0.1, -0.05) is 66.8 Å². The first kappa shape index (κ1) is 28.1. The van der Waals surface area contributed by atoms with E-state index in [0.717, 1.165) is 20.9 Å². The number of carbonyl (C=O) groups is 3. The third-order valence-electron chi connectivity index (χ3n) is 6.97. The molecule has 4 rings (SSSR count). The normalized spacial score (nSPS) is 19.6. The Morgan fingerprint density at radius 1 is 1.18 bits per heavy atom. The van der Waals surface area contributed by atoms with E-state index >= 15 is 0 Å². The van der Waals surface area contributed by atoms with E-state index in [1.54, 1.807) is 0 Å². The van der Waals surface area contributed by atoms with Crippen LogP contribution in [0.2, 0.25) is 0 Å². The number of esters is 1. The van der Waals surface area contributed by atoms with Gasteiger partial charge in [0.2, 0.25) is 5.91 Å². The monoisotopic (exact) mass is 631 g/mol. The molecule has 38 heavy (non-hydrogen) atoms. The summed E-state index contributed by atoms with van der Waals surface area (Å²) in [5, 5.41) is 18.5. The van der Waals surface area contributed by atoms with Crippen LogP contribution in [-0.4, -0.2) is 47.1 Å². The van der Waals surface area contributed by atoms with Crippen LogP contribution in [-0.2, 0) is 30.8 Å². The van der Waals surface area contributed by atoms with Gasteiger partial charge in [0.1, 0.15) is 17.3 Å². The summed E-state index contributed by atoms with van der Waals surface area (Å²) in [5.41, 5.74) is 2.53. The molecule has 0 spiro atoms. The van der Waals surface area contributed by atoms with E-state index < -0.39 is 29.6 Å². The molecule has 0 radical (unpaired) electrons. The topological polar surface area (TPSA) is 121 Å². The molecule has 0 aliphatic heterocycles. The zero-order valence-electron chi connectivity index (χ0n) is 21.8. The first-order valence-corrected chi connectivity index (χ1v) is 14.3. The highest BCUT2D eigenvalue weighted by molar-refractivity contribution is 14.1. The molecule has 8 nitrogen and oxygen atoms in total. The summed E-state index contributed by atoms with van der Waals surface area (Å²) in [4.78, 5) is 41.6. The molecule has 2 amide bonds. The van der Waals surface area contributed by atoms with Crippen LogP contribution in [0.4, 0.5) is 0 Å². The number of amides is 2. The molecule has 0 saturated heterocycles. The average molecular weight is 632 g/mol. The predicted molar refractivity (Wildman–Crippen MR) is 154 cm³/mol. The van der Waals surface area contributed by atoms with E-state index in [2.05, 4.69) is 44.3 Å². The van der Waals surface area contributed by atoms with Gasteiger partial charge < -0.3 is 25.5 Å². The number of aliphatic hydroxyl groups is 1. The maximum atomic E-state index is 13.2. The summed E-state index contributed by atoms with van der Waals surface area (Å²) in [6.45, 7) is 3.91. The van der Waals surface area contributed by atoms with Gasteiger partial charge in [-0.2, -0.15) is 0 Å². The van der Waals surface area contributed by atoms with Crippen molar-refractivity contribution in [3.63, 3.8) is 0 Å². The fraction of sp³-hybridized carbons (Fsp3) is 0.414. The molecule has 202 valence electrons. The Balaban J connectivity index is 1.52. The lowest BCUT2D eigenvalue weighted by atomic mass is 9.74. The fourth-order valence-corrected chi connectivity index (χ4v) is 5.74. The van der Waals surface area contributed by atoms with E-state index in [9.17, 15) is 19.5 Å². The lowest BCUT2D eigenvalue weighted by molar-refractivity contribution is -0.146. The van der Waals surface area contributed by atoms with Crippen LogP contribution in [0.25, 0.3) is 10.9 Å². The largest absolute Gasteiger partial charge is 0.467 e. The van der Waals surface area contributed by atoms with Gasteiger partial charge in [-0.3, -0.25) is 9.59 Å². The van der Waals surface area contributed by atoms with Crippen LogP contribution >= 0.6 is 22.6 Å². The van der Waals surface area contributed by atoms with Gasteiger partial charge >= 0.3 is 5.97 Å². The number of hydrogen-bond acceptors (Lipinski definition) is 5. The van der Waals surface area contributed by atoms with Gasteiger partial charge in [-0.25, -0.2) is 4.79 Å². The van der Waals surface area contributed by atoms with E-state index in [1.165, 1.54) is 12.7 Å². The molecular weight excluding hydrogens is 597 g/mol. The summed E-state index contributed by atoms with van der Waals surface area (Å²) in [5.74, 6) is -1.07. The Bertz CT molecular complexity index is 1340. The molecule has 4 N–H and O–H groups in total. The SMILES string of the molecule is COC(=O)[C@H](CC(C)C)NC(=O)C[C@]1(O)C[C@@H](NC(=O)c2cc3cc(CI)ccc3[nH]2)Cc2ccccc21. The van der Waals surface area contributed by atoms with Gasteiger partial charge in [-0.15, -0.1) is 0 Å². The number of H-pyrrole nitrogens is 1. The van der Waals surface area contributed by atoms with Crippen molar-refractivity contribution in [2.45, 2.75) is 61.6 Å². The number of benzene rings is 2. The number of fused-ring (bicyclic) bond motifs is 2. The Morgan fingerprint density at radius 2 is 1.95 bits per heavy atom. The van der Waals surface area contributed by atoms with Crippen molar-refractivity contribution in [3.05, 3.63) is 70.9 Å². The van der Waals surface area contributed by atoms with Crippen molar-refractivity contribution in [1.82, 2.24) is 15.6 Å². The quantitative estimate of drug-likeness (QED) is 0.161. The minimum atomic E-state index is -1.51. The summed E-state index contributed by atoms with van der Waals surface area (Å²) in [6, 6.07) is 14.1. The smallest absolute Gasteiger partial charge is 0.328 e. The van der Waals surface area contributed by atoms with Gasteiger partial charge in [-0.05, 0) is 53.6 Å². The van der Waals surface area contributed by atoms with Crippen molar-refractivity contribution in [1.29, 1.82) is 0 Å². The second kappa shape index (κ2) is 11.9. The molecule has 1 aliphatic rings. The minimum absolute atomic E-state index is 0.162. The summed E-state index contributed by atoms with van der Waals surface area (Å²) >= 11 is 2.31. The summed E-state index contributed by atoms with van der Waals surface area (Å²) in [7, 11) is 1.29. The highest BCUT2D eigenvalue weighted by atomic mass is 127. The molecule has 0 unspecified atom stereocenters. The number of carbonyl (C=O) groups excluding carboxylic acids is 3. The maximum absolute atomic E-state index is 13.2. The van der Waals surface area contributed by atoms with Crippen molar-refractivity contribution >= 4 is 51.3 Å². The number of ether oxygens (including phenoxy) is 1. The molecule has 1 aliphatic carbocycles. The lowest BCUT2D eigenvalue weighted by Crippen LogP contribution is -2.49. The minimum Gasteiger partial charge on any atom is -0.467 e. The summed E-state index contributed by atoms with van der Waals surface area (Å²) in [6.07, 6.45) is 0.877. The first-order valence-electron chi connectivity index (χ1n) is 12.8. The molecule has 0 fully saturated rings. The van der Waals surface area contributed by atoms with Crippen LogP contribution in [0.5, 0.6) is 0 Å². The highest BCUT2D eigenvalue weighted by Gasteiger charge is 2.41. The van der Waals surface area contributed by atoms with E-state index in [0.29, 0.717) is 24.1 Å². The van der Waals surface area contributed by atoms with Crippen molar-refractivity contribution < 1.29 is 24.2 Å². The predicted octanol–water partition coefficient (Wildman–Crippen LogP) is 4.13. The molecule has 2 aromatic carbocycles. The van der Waals surface area contributed by atoms with Crippen molar-refractivity contribution in [2.24, 2.45) is 5.92 Å². The molecule has 1 heterocycles. The first-order chi connectivity index (χ1) is 18.1. The number of nitrogens with one attached hydrogen (secondary N) is 3. The molecule has 1 aromatic heterocycles. The van der Waals surface area contributed by atoms with Crippen LogP contribution in [0.1, 0.15) is 60.3 Å². The van der Waals surface area contributed by atoms with E-state index in [4.69, 9.17) is 4.74 Å². The second-order valence-corrected chi connectivity index (χ2v) is 11.2. The van der Waals surface area contributed by atoms with Crippen LogP contribution in [0.15, 0.2) is 48.5 Å². The lowest BCUT2D eigenvalue weighted by Gasteiger charge is -2.39. The number of aromatic nitrogens is 1. The van der Waals surface area contributed by atoms with Crippen LogP contribution in [0.3, 0.4) is 0 Å². The molecule has 9 heteroatoms. The molecule has 0 saturated carbocycles. The van der Waals surface area contributed by atoms with E-state index in [1.807, 2.05) is 56.3 Å². The highest BCUT2D eigenvalue weighted by Crippen LogP contribution is 2.38. The standard InChI is InChI=1S/C29H34IN3O5/c1-17(2)10-25(28(36)38-3)33-26(34)15-29(37)14-21(12-19-6-4-5-7-22(19)29)31-27(35)24-13-20-11-18(16-30)8-9-23(20)32-24/h4-9,11,13,17,21,25,32,37H,10,12,14-16H2,1-3H3,(H,31,35)(H,33,34)/t21-,25-,29+/m0/s1. The number of rotatable bonds is 9. The Kier molecular flexibility index (Phi) is 8.77. The molecule has 3 aromatic rings. The average Bonchev–Trinajstić information content (AvgIpc) is 3.31. The molecular formula is C29H34IN3O5. The Hall–Kier alpha value is -2.92. The second-order valence-electron chi connectivity index (χ2n) is 10.5. The molecule has 3 atom stereocenters. The molecule has 0 bridgehead atoms. The number of alkyl halides is 1. The van der Waals surface area contributed by atoms with Gasteiger partial charge in [0.25, 0.3) is 5.91 Å². The third kappa shape index (κ3) is 6.37. The van der Waals surface area contributed by atoms with Crippen molar-refractivity contribution in [3.8, 4) is 0 Å². The zero-order valence-corrected chi connectivity index (χ0v) is 24.0. The number of hydrogen-bond donors (Lipinski definition) is 4. The van der Waals surface area contributed by atoms with Crippen LogP contribution in [0, 0.1) is 5.92 Å². The third-order valence-corrected chi connectivity index (χ3v) is 7.85. The number of halogens is 1. The summed E-state index contributed by atoms with van der Waals surface area (Å²) < 4.78 is 5.74. The Labute approximate surface area is 236 Å². The Morgan fingerprint density at radius 3 is 2.66 bits per heavy atom. The fourth-order valence-electron chi connectivity index (χ4n) is 5.27. The number of methoxy groups -OCH3 is 1. The van der Waals surface area contributed by atoms with Crippen LogP contribution < -0.4 is 10.6 Å². The van der Waals surface area contributed by atoms with E-state index in [-0.39, 0.29) is 24.7 Å². The van der Waals surface area contributed by atoms with Gasteiger partial charge in [0, 0.05) is 27.8 Å². The number of aromatic amines is 1. The zero-order chi connectivity index (χ0) is 27.4.